The molecule has 0 saturated carbocycles. The molecule has 1 amide bonds. The van der Waals surface area contributed by atoms with Gasteiger partial charge in [0.05, 0.1) is 11.7 Å². The molecule has 8 nitrogen and oxygen atoms in total. The first kappa shape index (κ1) is 18.2. The maximum atomic E-state index is 13.0. The lowest BCUT2D eigenvalue weighted by Gasteiger charge is -2.10. The molecule has 0 aliphatic rings. The number of nitrogens with zero attached hydrogens (tertiary/aromatic N) is 4. The zero-order valence-corrected chi connectivity index (χ0v) is 15.0. The number of aromatic nitrogens is 4. The summed E-state index contributed by atoms with van der Waals surface area (Å²) in [5, 5.41) is 8.70. The zero-order valence-electron chi connectivity index (χ0n) is 15.0. The van der Waals surface area contributed by atoms with Crippen LogP contribution in [0, 0.1) is 5.82 Å². The summed E-state index contributed by atoms with van der Waals surface area (Å²) in [4.78, 5) is 20.3. The minimum atomic E-state index is -0.419. The summed E-state index contributed by atoms with van der Waals surface area (Å²) in [5.41, 5.74) is 6.95. The number of hydrogen-bond donors (Lipinski definition) is 2. The molecule has 2 heterocycles. The van der Waals surface area contributed by atoms with Crippen molar-refractivity contribution in [2.45, 2.75) is 0 Å². The second kappa shape index (κ2) is 8.26. The predicted octanol–water partition coefficient (Wildman–Crippen LogP) is 2.75. The lowest BCUT2D eigenvalue weighted by molar-refractivity contribution is -0.122. The van der Waals surface area contributed by atoms with Crippen molar-refractivity contribution in [2.24, 2.45) is 0 Å². The van der Waals surface area contributed by atoms with Gasteiger partial charge in [-0.15, -0.1) is 10.2 Å². The van der Waals surface area contributed by atoms with Crippen LogP contribution >= 0.6 is 0 Å². The number of ether oxygens (including phenoxy) is 1. The molecule has 29 heavy (non-hydrogen) atoms. The summed E-state index contributed by atoms with van der Waals surface area (Å²) >= 11 is 0. The lowest BCUT2D eigenvalue weighted by Crippen LogP contribution is -2.34. The number of amides is 1. The summed E-state index contributed by atoms with van der Waals surface area (Å²) in [5.74, 6) is -0.0827. The van der Waals surface area contributed by atoms with E-state index in [9.17, 15) is 9.18 Å². The summed E-state index contributed by atoms with van der Waals surface area (Å²) in [7, 11) is 0. The highest BCUT2D eigenvalue weighted by Crippen LogP contribution is 2.23. The third-order valence-electron chi connectivity index (χ3n) is 3.98. The summed E-state index contributed by atoms with van der Waals surface area (Å²) in [6, 6.07) is 15.0. The molecule has 0 aliphatic heterocycles. The Hall–Kier alpha value is -4.14. The van der Waals surface area contributed by atoms with Crippen LogP contribution in [-0.4, -0.2) is 32.7 Å². The van der Waals surface area contributed by atoms with E-state index in [-0.39, 0.29) is 18.4 Å². The molecular formula is C20H15FN6O2. The first-order chi connectivity index (χ1) is 14.2. The van der Waals surface area contributed by atoms with Gasteiger partial charge in [-0.3, -0.25) is 20.6 Å². The number of carbonyl (C=O) groups excluding carboxylic acids is 1. The zero-order chi connectivity index (χ0) is 20.1. The molecule has 144 valence electrons. The van der Waals surface area contributed by atoms with Crippen LogP contribution in [0.5, 0.6) is 5.75 Å². The van der Waals surface area contributed by atoms with E-state index in [1.165, 1.54) is 18.3 Å². The van der Waals surface area contributed by atoms with Crippen LogP contribution in [0.15, 0.2) is 67.0 Å². The van der Waals surface area contributed by atoms with Gasteiger partial charge in [0, 0.05) is 17.1 Å². The van der Waals surface area contributed by atoms with E-state index in [1.54, 1.807) is 24.4 Å². The number of hydrogen-bond acceptors (Lipinski definition) is 7. The molecule has 0 fully saturated rings. The molecule has 0 aliphatic carbocycles. The molecule has 2 N–H and O–H groups in total. The molecule has 0 spiro atoms. The number of fused-ring (bicyclic) bond motifs is 1. The van der Waals surface area contributed by atoms with Crippen LogP contribution in [0.2, 0.25) is 0 Å². The van der Waals surface area contributed by atoms with Crippen LogP contribution in [0.4, 0.5) is 10.3 Å². The van der Waals surface area contributed by atoms with Gasteiger partial charge in [-0.2, -0.15) is 0 Å². The van der Waals surface area contributed by atoms with Gasteiger partial charge in [-0.25, -0.2) is 9.37 Å². The Labute approximate surface area is 164 Å². The summed E-state index contributed by atoms with van der Waals surface area (Å²) < 4.78 is 18.6. The Kier molecular flexibility index (Phi) is 5.19. The monoisotopic (exact) mass is 390 g/mol. The number of rotatable bonds is 6. The minimum absolute atomic E-state index is 0.110. The molecule has 0 bridgehead atoms. The number of halogens is 1. The van der Waals surface area contributed by atoms with Crippen LogP contribution in [0.25, 0.3) is 22.2 Å². The first-order valence-corrected chi connectivity index (χ1v) is 8.66. The van der Waals surface area contributed by atoms with E-state index in [0.717, 1.165) is 10.9 Å². The van der Waals surface area contributed by atoms with Gasteiger partial charge < -0.3 is 4.74 Å². The molecule has 2 aromatic carbocycles. The van der Waals surface area contributed by atoms with E-state index in [1.807, 2.05) is 24.3 Å². The third kappa shape index (κ3) is 4.41. The van der Waals surface area contributed by atoms with Crippen molar-refractivity contribution in [1.82, 2.24) is 25.6 Å². The number of hydrazine groups is 1. The van der Waals surface area contributed by atoms with Gasteiger partial charge in [0.1, 0.15) is 17.3 Å². The largest absolute Gasteiger partial charge is 0.483 e. The fourth-order valence-corrected chi connectivity index (χ4v) is 2.59. The van der Waals surface area contributed by atoms with E-state index in [0.29, 0.717) is 17.0 Å². The Balaban J connectivity index is 1.32. The van der Waals surface area contributed by atoms with Crippen molar-refractivity contribution in [3.05, 3.63) is 72.8 Å². The van der Waals surface area contributed by atoms with Gasteiger partial charge in [0.2, 0.25) is 0 Å². The van der Waals surface area contributed by atoms with Crippen LogP contribution in [0.1, 0.15) is 0 Å². The fourth-order valence-electron chi connectivity index (χ4n) is 2.59. The number of pyridine rings is 1. The predicted molar refractivity (Wildman–Crippen MR) is 104 cm³/mol. The normalized spacial score (nSPS) is 10.5. The van der Waals surface area contributed by atoms with Crippen molar-refractivity contribution in [1.29, 1.82) is 0 Å². The van der Waals surface area contributed by atoms with Gasteiger partial charge in [-0.05, 0) is 42.5 Å². The number of carbonyl (C=O) groups is 1. The average molecular weight is 390 g/mol. The molecular weight excluding hydrogens is 375 g/mol. The highest BCUT2D eigenvalue weighted by atomic mass is 19.1. The summed E-state index contributed by atoms with van der Waals surface area (Å²) in [6.07, 6.45) is 3.09. The SMILES string of the molecule is O=C(COc1ccnc2ccccc12)NNc1ncc(-c2ccc(F)cc2)nn1. The molecule has 0 radical (unpaired) electrons. The number of nitrogens with one attached hydrogen (secondary N) is 2. The Morgan fingerprint density at radius 1 is 1.00 bits per heavy atom. The van der Waals surface area contributed by atoms with Gasteiger partial charge in [-0.1, -0.05) is 12.1 Å². The van der Waals surface area contributed by atoms with Gasteiger partial charge in [0.15, 0.2) is 6.61 Å². The smallest absolute Gasteiger partial charge is 0.276 e. The first-order valence-electron chi connectivity index (χ1n) is 8.66. The molecule has 2 aromatic heterocycles. The highest BCUT2D eigenvalue weighted by Gasteiger charge is 2.08. The Morgan fingerprint density at radius 3 is 2.62 bits per heavy atom. The van der Waals surface area contributed by atoms with Crippen molar-refractivity contribution in [3.63, 3.8) is 0 Å². The van der Waals surface area contributed by atoms with Crippen molar-refractivity contribution < 1.29 is 13.9 Å². The van der Waals surface area contributed by atoms with Gasteiger partial charge in [0.25, 0.3) is 11.9 Å². The standard InChI is InChI=1S/C20H15FN6O2/c21-14-7-5-13(6-8-14)17-11-23-20(26-24-17)27-25-19(28)12-29-18-9-10-22-16-4-2-1-3-15(16)18/h1-11H,12H2,(H,25,28)(H,23,26,27). The van der Waals surface area contributed by atoms with Crippen LogP contribution in [-0.2, 0) is 4.79 Å². The van der Waals surface area contributed by atoms with Crippen LogP contribution < -0.4 is 15.6 Å². The molecule has 0 unspecified atom stereocenters. The number of benzene rings is 2. The molecule has 0 saturated heterocycles. The number of para-hydroxylation sites is 1. The van der Waals surface area contributed by atoms with Crippen molar-refractivity contribution in [2.75, 3.05) is 12.0 Å². The quantitative estimate of drug-likeness (QED) is 0.488. The maximum Gasteiger partial charge on any atom is 0.276 e. The van der Waals surface area contributed by atoms with E-state index in [2.05, 4.69) is 31.0 Å². The second-order valence-corrected chi connectivity index (χ2v) is 5.96. The second-order valence-electron chi connectivity index (χ2n) is 5.96. The lowest BCUT2D eigenvalue weighted by atomic mass is 10.2. The molecule has 4 rings (SSSR count). The van der Waals surface area contributed by atoms with Crippen molar-refractivity contribution >= 4 is 22.8 Å². The third-order valence-corrected chi connectivity index (χ3v) is 3.98. The average Bonchev–Trinajstić information content (AvgIpc) is 2.77. The van der Waals surface area contributed by atoms with E-state index < -0.39 is 5.91 Å². The topological polar surface area (TPSA) is 102 Å². The maximum absolute atomic E-state index is 13.0. The number of anilines is 1. The van der Waals surface area contributed by atoms with Crippen molar-refractivity contribution in [3.8, 4) is 17.0 Å². The van der Waals surface area contributed by atoms with Gasteiger partial charge >= 0.3 is 0 Å². The minimum Gasteiger partial charge on any atom is -0.483 e. The van der Waals surface area contributed by atoms with E-state index in [4.69, 9.17) is 4.74 Å². The highest BCUT2D eigenvalue weighted by molar-refractivity contribution is 5.85. The summed E-state index contributed by atoms with van der Waals surface area (Å²) in [6.45, 7) is -0.206. The molecule has 0 atom stereocenters. The molecule has 9 heteroatoms. The fraction of sp³-hybridized carbons (Fsp3) is 0.0500. The molecule has 4 aromatic rings. The van der Waals surface area contributed by atoms with Crippen LogP contribution in [0.3, 0.4) is 0 Å². The Morgan fingerprint density at radius 2 is 1.83 bits per heavy atom. The Bertz CT molecular complexity index is 1130. The van der Waals surface area contributed by atoms with E-state index >= 15 is 0 Å².